The molecule has 0 aliphatic carbocycles. The van der Waals surface area contributed by atoms with E-state index >= 15 is 4.39 Å². The molecular weight excluding hydrogens is 476 g/mol. The van der Waals surface area contributed by atoms with Gasteiger partial charge in [0.1, 0.15) is 11.9 Å². The van der Waals surface area contributed by atoms with E-state index in [0.717, 1.165) is 16.7 Å². The van der Waals surface area contributed by atoms with Crippen molar-refractivity contribution in [2.75, 3.05) is 19.4 Å². The first-order chi connectivity index (χ1) is 17.5. The van der Waals surface area contributed by atoms with Gasteiger partial charge in [0.25, 0.3) is 0 Å². The second-order valence-corrected chi connectivity index (χ2v) is 10.7. The molecule has 0 aliphatic rings. The molecule has 4 aromatic rings. The van der Waals surface area contributed by atoms with Gasteiger partial charge < -0.3 is 9.05 Å². The third-order valence-corrected chi connectivity index (χ3v) is 8.08. The van der Waals surface area contributed by atoms with Gasteiger partial charge in [-0.3, -0.25) is 4.57 Å². The van der Waals surface area contributed by atoms with Gasteiger partial charge in [0.2, 0.25) is 0 Å². The maximum Gasteiger partial charge on any atom is 0.330 e. The minimum atomic E-state index is -3.20. The first kappa shape index (κ1) is 26.0. The average molecular weight is 508 g/mol. The minimum Gasteiger partial charge on any atom is -0.309 e. The number of aromatic nitrogens is 3. The summed E-state index contributed by atoms with van der Waals surface area (Å²) in [6.07, 6.45) is 0.291. The van der Waals surface area contributed by atoms with Crippen molar-refractivity contribution in [2.24, 2.45) is 0 Å². The first-order valence-electron chi connectivity index (χ1n) is 12.1. The van der Waals surface area contributed by atoms with E-state index < -0.39 is 19.3 Å². The molecule has 0 N–H and O–H groups in total. The highest BCUT2D eigenvalue weighted by Crippen LogP contribution is 2.48. The minimum absolute atomic E-state index is 0.0317. The van der Waals surface area contributed by atoms with Crippen LogP contribution in [0.5, 0.6) is 0 Å². The number of alkyl halides is 1. The van der Waals surface area contributed by atoms with Crippen LogP contribution in [0.15, 0.2) is 97.3 Å². The van der Waals surface area contributed by atoms with E-state index in [4.69, 9.17) is 9.05 Å². The van der Waals surface area contributed by atoms with Crippen molar-refractivity contribution in [2.45, 2.75) is 32.0 Å². The van der Waals surface area contributed by atoms with Crippen molar-refractivity contribution in [1.29, 1.82) is 0 Å². The zero-order valence-corrected chi connectivity index (χ0v) is 21.4. The normalized spacial score (nSPS) is 14.3. The van der Waals surface area contributed by atoms with Crippen LogP contribution in [0, 0.1) is 0 Å². The number of nitrogens with zero attached hydrogens (tertiary/aromatic N) is 3. The largest absolute Gasteiger partial charge is 0.330 e. The number of hydrogen-bond donors (Lipinski definition) is 0. The van der Waals surface area contributed by atoms with Crippen LogP contribution in [0.2, 0.25) is 0 Å². The summed E-state index contributed by atoms with van der Waals surface area (Å²) in [7, 11) is -3.20. The molecule has 3 aromatic carbocycles. The Bertz CT molecular complexity index is 1170. The van der Waals surface area contributed by atoms with E-state index in [0.29, 0.717) is 0 Å². The summed E-state index contributed by atoms with van der Waals surface area (Å²) < 4.78 is 40.2. The molecule has 0 bridgehead atoms. The molecule has 6 nitrogen and oxygen atoms in total. The predicted octanol–water partition coefficient (Wildman–Crippen LogP) is 6.79. The van der Waals surface area contributed by atoms with Crippen LogP contribution < -0.4 is 0 Å². The van der Waals surface area contributed by atoms with Gasteiger partial charge in [-0.1, -0.05) is 97.9 Å². The van der Waals surface area contributed by atoms with Crippen molar-refractivity contribution >= 4 is 7.60 Å². The second-order valence-electron chi connectivity index (χ2n) is 8.29. The summed E-state index contributed by atoms with van der Waals surface area (Å²) in [5.74, 6) is 0.0495. The zero-order chi connectivity index (χ0) is 25.4. The Morgan fingerprint density at radius 3 is 1.81 bits per heavy atom. The van der Waals surface area contributed by atoms with E-state index in [1.54, 1.807) is 24.9 Å². The molecule has 188 valence electrons. The topological polar surface area (TPSA) is 66.2 Å². The highest BCUT2D eigenvalue weighted by atomic mass is 31.2. The number of hydrogen-bond acceptors (Lipinski definition) is 5. The standard InChI is InChI=1S/C28H31FN3O3P/c1-3-34-36(33,4-2)35-21-20-26(29)27-30-22-32(31-27)28(23-14-8-5-9-15-23,24-16-10-6-11-17-24)25-18-12-7-13-19-25/h5-19,22,26H,3-4,20-21H2,1-2H3. The monoisotopic (exact) mass is 507 g/mol. The Balaban J connectivity index is 1.72. The SMILES string of the molecule is CCOP(=O)(CC)OCCC(F)c1ncn(C(c2ccccc2)(c2ccccc2)c2ccccc2)n1. The summed E-state index contributed by atoms with van der Waals surface area (Å²) >= 11 is 0. The molecule has 0 fully saturated rings. The molecule has 0 saturated carbocycles. The zero-order valence-electron chi connectivity index (χ0n) is 20.5. The lowest BCUT2D eigenvalue weighted by Crippen LogP contribution is -2.38. The van der Waals surface area contributed by atoms with E-state index in [9.17, 15) is 4.57 Å². The van der Waals surface area contributed by atoms with Crippen LogP contribution >= 0.6 is 7.60 Å². The van der Waals surface area contributed by atoms with Gasteiger partial charge in [-0.05, 0) is 23.6 Å². The Morgan fingerprint density at radius 1 is 0.861 bits per heavy atom. The van der Waals surface area contributed by atoms with Crippen LogP contribution in [0.25, 0.3) is 0 Å². The highest BCUT2D eigenvalue weighted by Gasteiger charge is 2.40. The van der Waals surface area contributed by atoms with Gasteiger partial charge in [-0.25, -0.2) is 14.1 Å². The molecule has 0 amide bonds. The molecule has 0 spiro atoms. The van der Waals surface area contributed by atoms with E-state index in [-0.39, 0.29) is 31.6 Å². The van der Waals surface area contributed by atoms with Crippen LogP contribution in [-0.2, 0) is 19.2 Å². The maximum atomic E-state index is 15.3. The lowest BCUT2D eigenvalue weighted by atomic mass is 9.77. The van der Waals surface area contributed by atoms with Crippen molar-refractivity contribution in [3.8, 4) is 0 Å². The van der Waals surface area contributed by atoms with Crippen molar-refractivity contribution in [3.05, 3.63) is 120 Å². The molecule has 2 unspecified atom stereocenters. The van der Waals surface area contributed by atoms with Crippen LogP contribution in [0.1, 0.15) is 49.0 Å². The molecule has 36 heavy (non-hydrogen) atoms. The lowest BCUT2D eigenvalue weighted by Gasteiger charge is -2.35. The molecule has 0 saturated heterocycles. The van der Waals surface area contributed by atoms with Crippen LogP contribution in [0.4, 0.5) is 4.39 Å². The third kappa shape index (κ3) is 5.34. The summed E-state index contributed by atoms with van der Waals surface area (Å²) in [5.41, 5.74) is 2.05. The van der Waals surface area contributed by atoms with Crippen molar-refractivity contribution in [1.82, 2.24) is 14.8 Å². The lowest BCUT2D eigenvalue weighted by molar-refractivity contribution is 0.184. The van der Waals surface area contributed by atoms with Gasteiger partial charge in [0.15, 0.2) is 12.0 Å². The number of halogens is 1. The average Bonchev–Trinajstić information content (AvgIpc) is 3.42. The van der Waals surface area contributed by atoms with Crippen molar-refractivity contribution in [3.63, 3.8) is 0 Å². The van der Waals surface area contributed by atoms with Crippen LogP contribution in [-0.4, -0.2) is 34.1 Å². The molecule has 0 aliphatic heterocycles. The van der Waals surface area contributed by atoms with Crippen LogP contribution in [0.3, 0.4) is 0 Å². The van der Waals surface area contributed by atoms with Gasteiger partial charge in [0, 0.05) is 12.6 Å². The Labute approximate surface area is 211 Å². The second kappa shape index (κ2) is 11.7. The number of benzene rings is 3. The van der Waals surface area contributed by atoms with Crippen molar-refractivity contribution < 1.29 is 18.0 Å². The fraction of sp³-hybridized carbons (Fsp3) is 0.286. The molecule has 4 rings (SSSR count). The third-order valence-electron chi connectivity index (χ3n) is 6.08. The highest BCUT2D eigenvalue weighted by molar-refractivity contribution is 7.53. The summed E-state index contributed by atoms with van der Waals surface area (Å²) in [6, 6.07) is 30.0. The van der Waals surface area contributed by atoms with Gasteiger partial charge >= 0.3 is 7.60 Å². The molecule has 1 aromatic heterocycles. The Morgan fingerprint density at radius 2 is 1.36 bits per heavy atom. The summed E-state index contributed by atoms with van der Waals surface area (Å²) in [4.78, 5) is 4.35. The summed E-state index contributed by atoms with van der Waals surface area (Å²) in [5, 5.41) is 4.66. The quantitative estimate of drug-likeness (QED) is 0.156. The fourth-order valence-electron chi connectivity index (χ4n) is 4.36. The predicted molar refractivity (Wildman–Crippen MR) is 139 cm³/mol. The summed E-state index contributed by atoms with van der Waals surface area (Å²) in [6.45, 7) is 3.69. The van der Waals surface area contributed by atoms with Gasteiger partial charge in [0.05, 0.1) is 13.2 Å². The van der Waals surface area contributed by atoms with Gasteiger partial charge in [-0.2, -0.15) is 5.10 Å². The first-order valence-corrected chi connectivity index (χ1v) is 13.9. The van der Waals surface area contributed by atoms with E-state index in [1.807, 2.05) is 91.0 Å². The molecule has 1 heterocycles. The smallest absolute Gasteiger partial charge is 0.309 e. The molecule has 8 heteroatoms. The Hall–Kier alpha value is -3.12. The molecular formula is C28H31FN3O3P. The maximum absolute atomic E-state index is 15.3. The number of rotatable bonds is 12. The molecule has 2 atom stereocenters. The molecule has 0 radical (unpaired) electrons. The fourth-order valence-corrected chi connectivity index (χ4v) is 5.57. The van der Waals surface area contributed by atoms with Gasteiger partial charge in [-0.15, -0.1) is 0 Å². The van der Waals surface area contributed by atoms with E-state index in [2.05, 4.69) is 10.1 Å². The Kier molecular flexibility index (Phi) is 8.47. The van der Waals surface area contributed by atoms with E-state index in [1.165, 1.54) is 0 Å².